The zero-order valence-corrected chi connectivity index (χ0v) is 19.1. The number of anilines is 1. The Labute approximate surface area is 192 Å². The van der Waals surface area contributed by atoms with Crippen LogP contribution in [0.3, 0.4) is 0 Å². The van der Waals surface area contributed by atoms with Crippen LogP contribution in [0.1, 0.15) is 31.5 Å². The lowest BCUT2D eigenvalue weighted by molar-refractivity contribution is -0.114. The minimum atomic E-state index is -0.607. The van der Waals surface area contributed by atoms with Crippen molar-refractivity contribution in [3.05, 3.63) is 36.3 Å². The van der Waals surface area contributed by atoms with Crippen LogP contribution < -0.4 is 10.1 Å². The van der Waals surface area contributed by atoms with Gasteiger partial charge in [-0.25, -0.2) is 9.97 Å². The predicted octanol–water partition coefficient (Wildman–Crippen LogP) is 3.29. The van der Waals surface area contributed by atoms with E-state index in [-0.39, 0.29) is 11.9 Å². The smallest absolute Gasteiger partial charge is 0.222 e. The lowest BCUT2D eigenvalue weighted by Crippen LogP contribution is -2.30. The van der Waals surface area contributed by atoms with Crippen molar-refractivity contribution in [3.8, 4) is 17.0 Å². The van der Waals surface area contributed by atoms with Crippen molar-refractivity contribution in [2.24, 2.45) is 0 Å². The average Bonchev–Trinajstić information content (AvgIpc) is 3.58. The summed E-state index contributed by atoms with van der Waals surface area (Å²) < 4.78 is 25.0. The van der Waals surface area contributed by atoms with Crippen molar-refractivity contribution >= 4 is 22.6 Å². The second-order valence-electron chi connectivity index (χ2n) is 8.51. The van der Waals surface area contributed by atoms with Crippen molar-refractivity contribution in [2.75, 3.05) is 46.0 Å². The van der Waals surface area contributed by atoms with E-state index in [2.05, 4.69) is 21.1 Å². The van der Waals surface area contributed by atoms with Crippen molar-refractivity contribution in [3.63, 3.8) is 0 Å². The first-order valence-electron chi connectivity index (χ1n) is 11.1. The fraction of sp³-hybridized carbons (Fsp3) is 0.458. The Hall–Kier alpha value is -3.01. The quantitative estimate of drug-likeness (QED) is 0.613. The highest BCUT2D eigenvalue weighted by Crippen LogP contribution is 2.39. The number of amides is 1. The molecule has 3 aromatic rings. The molecule has 2 atom stereocenters. The number of carbonyl (C=O) groups is 1. The molecule has 0 aliphatic carbocycles. The van der Waals surface area contributed by atoms with Gasteiger partial charge in [-0.05, 0) is 12.5 Å². The van der Waals surface area contributed by atoms with Gasteiger partial charge < -0.3 is 28.8 Å². The SMILES string of the molecule is COc1cc(-c2cn([C@@H]3CCOC3)c3cnc(NC(C)=O)cc23)nc([C@]2(OC)CCOC2)c1. The average molecular weight is 453 g/mol. The normalized spacial score (nSPS) is 22.7. The molecule has 0 aromatic carbocycles. The van der Waals surface area contributed by atoms with Crippen LogP contribution in [0.15, 0.2) is 30.6 Å². The van der Waals surface area contributed by atoms with Crippen LogP contribution in [0.2, 0.25) is 0 Å². The minimum absolute atomic E-state index is 0.169. The molecule has 0 radical (unpaired) electrons. The Balaban J connectivity index is 1.69. The maximum atomic E-state index is 11.6. The lowest BCUT2D eigenvalue weighted by Gasteiger charge is -2.26. The highest BCUT2D eigenvalue weighted by atomic mass is 16.5. The fourth-order valence-corrected chi connectivity index (χ4v) is 4.65. The van der Waals surface area contributed by atoms with E-state index >= 15 is 0 Å². The zero-order valence-electron chi connectivity index (χ0n) is 19.1. The van der Waals surface area contributed by atoms with Gasteiger partial charge in [0.05, 0.1) is 49.5 Å². The van der Waals surface area contributed by atoms with Crippen LogP contribution in [0, 0.1) is 0 Å². The first kappa shape index (κ1) is 21.8. The molecule has 0 unspecified atom stereocenters. The number of methoxy groups -OCH3 is 2. The van der Waals surface area contributed by atoms with E-state index in [1.54, 1.807) is 20.4 Å². The molecule has 1 amide bonds. The van der Waals surface area contributed by atoms with E-state index in [4.69, 9.17) is 23.9 Å². The molecular weight excluding hydrogens is 424 g/mol. The van der Waals surface area contributed by atoms with E-state index in [1.807, 2.05) is 18.2 Å². The van der Waals surface area contributed by atoms with Crippen LogP contribution in [0.25, 0.3) is 22.2 Å². The number of nitrogens with zero attached hydrogens (tertiary/aromatic N) is 3. The Morgan fingerprint density at radius 1 is 1.24 bits per heavy atom. The molecule has 3 aromatic heterocycles. The van der Waals surface area contributed by atoms with Crippen molar-refractivity contribution in [1.29, 1.82) is 0 Å². The molecule has 9 heteroatoms. The molecule has 1 N–H and O–H groups in total. The summed E-state index contributed by atoms with van der Waals surface area (Å²) in [6, 6.07) is 5.94. The van der Waals surface area contributed by atoms with E-state index in [9.17, 15) is 4.79 Å². The Morgan fingerprint density at radius 2 is 2.12 bits per heavy atom. The number of rotatable bonds is 6. The number of ether oxygens (including phenoxy) is 4. The number of nitrogens with one attached hydrogen (secondary N) is 1. The van der Waals surface area contributed by atoms with Gasteiger partial charge in [0.25, 0.3) is 0 Å². The van der Waals surface area contributed by atoms with Crippen LogP contribution in [-0.4, -0.2) is 61.1 Å². The van der Waals surface area contributed by atoms with Crippen LogP contribution in [0.4, 0.5) is 5.82 Å². The van der Waals surface area contributed by atoms with Gasteiger partial charge in [-0.1, -0.05) is 0 Å². The van der Waals surface area contributed by atoms with Crippen LogP contribution in [-0.2, 0) is 24.6 Å². The third-order valence-corrected chi connectivity index (χ3v) is 6.48. The largest absolute Gasteiger partial charge is 0.497 e. The first-order valence-corrected chi connectivity index (χ1v) is 11.1. The molecule has 33 heavy (non-hydrogen) atoms. The fourth-order valence-electron chi connectivity index (χ4n) is 4.65. The van der Waals surface area contributed by atoms with E-state index in [0.29, 0.717) is 31.4 Å². The summed E-state index contributed by atoms with van der Waals surface area (Å²) in [6.45, 7) is 3.92. The Morgan fingerprint density at radius 3 is 2.79 bits per heavy atom. The third kappa shape index (κ3) is 3.96. The maximum Gasteiger partial charge on any atom is 0.222 e. The first-order chi connectivity index (χ1) is 16.0. The molecule has 9 nitrogen and oxygen atoms in total. The molecule has 2 aliphatic rings. The van der Waals surface area contributed by atoms with E-state index in [1.165, 1.54) is 6.92 Å². The van der Waals surface area contributed by atoms with Gasteiger partial charge in [0.1, 0.15) is 17.2 Å². The molecule has 5 rings (SSSR count). The molecule has 174 valence electrons. The van der Waals surface area contributed by atoms with Gasteiger partial charge in [-0.3, -0.25) is 4.79 Å². The van der Waals surface area contributed by atoms with Gasteiger partial charge in [-0.15, -0.1) is 0 Å². The summed E-state index contributed by atoms with van der Waals surface area (Å²) in [5.41, 5.74) is 2.82. The molecular formula is C24H28N4O5. The molecule has 5 heterocycles. The highest BCUT2D eigenvalue weighted by molar-refractivity contribution is 5.98. The van der Waals surface area contributed by atoms with Crippen molar-refractivity contribution < 1.29 is 23.7 Å². The third-order valence-electron chi connectivity index (χ3n) is 6.48. The van der Waals surface area contributed by atoms with Gasteiger partial charge >= 0.3 is 0 Å². The molecule has 2 saturated heterocycles. The lowest BCUT2D eigenvalue weighted by atomic mass is 9.96. The Bertz CT molecular complexity index is 1180. The van der Waals surface area contributed by atoms with E-state index < -0.39 is 5.60 Å². The van der Waals surface area contributed by atoms with Crippen LogP contribution in [0.5, 0.6) is 5.75 Å². The topological polar surface area (TPSA) is 96.7 Å². The maximum absolute atomic E-state index is 11.6. The van der Waals surface area contributed by atoms with Crippen LogP contribution >= 0.6 is 0 Å². The van der Waals surface area contributed by atoms with Crippen molar-refractivity contribution in [2.45, 2.75) is 31.4 Å². The molecule has 0 bridgehead atoms. The van der Waals surface area contributed by atoms with E-state index in [0.717, 1.165) is 47.3 Å². The Kier molecular flexibility index (Phi) is 5.77. The zero-order chi connectivity index (χ0) is 23.0. The summed E-state index contributed by atoms with van der Waals surface area (Å²) in [5, 5.41) is 3.73. The minimum Gasteiger partial charge on any atom is -0.497 e. The number of carbonyl (C=O) groups excluding carboxylic acids is 1. The summed E-state index contributed by atoms with van der Waals surface area (Å²) in [6.07, 6.45) is 5.54. The van der Waals surface area contributed by atoms with Gasteiger partial charge in [0.15, 0.2) is 0 Å². The second kappa shape index (κ2) is 8.74. The predicted molar refractivity (Wildman–Crippen MR) is 122 cm³/mol. The number of aromatic nitrogens is 3. The number of hydrogen-bond donors (Lipinski definition) is 1. The van der Waals surface area contributed by atoms with Crippen molar-refractivity contribution in [1.82, 2.24) is 14.5 Å². The standard InChI is InChI=1S/C24H28N4O5/c1-15(29)26-23-10-18-19(12-28(21(18)11-25-23)16-4-6-32-13-16)20-8-17(30-2)9-22(27-20)24(31-3)5-7-33-14-24/h8-12,16H,4-7,13-14H2,1-3H3,(H,25,26,29)/t16-,24+/m1/s1. The summed E-state index contributed by atoms with van der Waals surface area (Å²) in [5.74, 6) is 1.02. The summed E-state index contributed by atoms with van der Waals surface area (Å²) >= 11 is 0. The number of fused-ring (bicyclic) bond motifs is 1. The number of hydrogen-bond acceptors (Lipinski definition) is 7. The monoisotopic (exact) mass is 452 g/mol. The molecule has 0 spiro atoms. The second-order valence-corrected chi connectivity index (χ2v) is 8.51. The highest BCUT2D eigenvalue weighted by Gasteiger charge is 2.39. The molecule has 2 aliphatic heterocycles. The molecule has 0 saturated carbocycles. The van der Waals surface area contributed by atoms with Gasteiger partial charge in [0, 0.05) is 62.9 Å². The summed E-state index contributed by atoms with van der Waals surface area (Å²) in [7, 11) is 3.33. The van der Waals surface area contributed by atoms with Gasteiger partial charge in [-0.2, -0.15) is 0 Å². The number of pyridine rings is 2. The van der Waals surface area contributed by atoms with Gasteiger partial charge in [0.2, 0.25) is 5.91 Å². The summed E-state index contributed by atoms with van der Waals surface area (Å²) in [4.78, 5) is 21.1. The molecule has 2 fully saturated rings.